The van der Waals surface area contributed by atoms with Crippen LogP contribution in [-0.4, -0.2) is 16.8 Å². The molecule has 5 rings (SSSR count). The van der Waals surface area contributed by atoms with Crippen molar-refractivity contribution in [2.45, 2.75) is 56.3 Å². The molecule has 1 aromatic rings. The van der Waals surface area contributed by atoms with E-state index < -0.39 is 0 Å². The van der Waals surface area contributed by atoms with Gasteiger partial charge in [-0.3, -0.25) is 0 Å². The van der Waals surface area contributed by atoms with Crippen molar-refractivity contribution in [3.05, 3.63) is 35.4 Å². The Morgan fingerprint density at radius 2 is 1.96 bits per heavy atom. The van der Waals surface area contributed by atoms with E-state index in [1.807, 2.05) is 31.2 Å². The minimum atomic E-state index is -0.182. The molecule has 0 aromatic heterocycles. The lowest BCUT2D eigenvalue weighted by atomic mass is 9.46. The number of thiol groups is 1. The van der Waals surface area contributed by atoms with Crippen molar-refractivity contribution < 1.29 is 9.53 Å². The Bertz CT molecular complexity index is 669. The summed E-state index contributed by atoms with van der Waals surface area (Å²) in [6.45, 7) is 2.04. The lowest BCUT2D eigenvalue weighted by Gasteiger charge is -2.61. The summed E-state index contributed by atoms with van der Waals surface area (Å²) in [5.74, 6) is 2.13. The molecule has 3 heteroatoms. The highest BCUT2D eigenvalue weighted by atomic mass is 32.1. The van der Waals surface area contributed by atoms with Crippen molar-refractivity contribution in [3.63, 3.8) is 0 Å². The zero-order chi connectivity index (χ0) is 15.8. The molecule has 0 N–H and O–H groups in total. The maximum Gasteiger partial charge on any atom is 0.338 e. The van der Waals surface area contributed by atoms with E-state index in [1.165, 1.54) is 24.8 Å². The van der Waals surface area contributed by atoms with Gasteiger partial charge in [-0.2, -0.15) is 12.6 Å². The van der Waals surface area contributed by atoms with Crippen molar-refractivity contribution in [1.29, 1.82) is 0 Å². The Balaban J connectivity index is 1.41. The molecule has 4 aliphatic rings. The molecule has 122 valence electrons. The van der Waals surface area contributed by atoms with Crippen molar-refractivity contribution in [2.24, 2.45) is 23.2 Å². The van der Waals surface area contributed by atoms with E-state index in [-0.39, 0.29) is 11.6 Å². The lowest BCUT2D eigenvalue weighted by molar-refractivity contribution is -0.116. The molecule has 0 aliphatic heterocycles. The summed E-state index contributed by atoms with van der Waals surface area (Å²) in [5, 5.41) is 0.578. The number of fused-ring (bicyclic) bond motifs is 2. The number of hydrogen-bond acceptors (Lipinski definition) is 3. The third-order valence-corrected chi connectivity index (χ3v) is 7.90. The summed E-state index contributed by atoms with van der Waals surface area (Å²) in [5.41, 5.74) is 2.15. The van der Waals surface area contributed by atoms with Crippen LogP contribution in [-0.2, 0) is 4.74 Å². The van der Waals surface area contributed by atoms with Crippen LogP contribution in [0.3, 0.4) is 0 Å². The first-order chi connectivity index (χ1) is 11.0. The summed E-state index contributed by atoms with van der Waals surface area (Å²) in [6, 6.07) is 7.77. The smallest absolute Gasteiger partial charge is 0.338 e. The number of aryl methyl sites for hydroxylation is 1. The maximum atomic E-state index is 12.7. The average Bonchev–Trinajstić information content (AvgIpc) is 2.68. The fraction of sp³-hybridized carbons (Fsp3) is 0.650. The maximum absolute atomic E-state index is 12.7. The van der Waals surface area contributed by atoms with E-state index in [0.717, 1.165) is 31.1 Å². The minimum Gasteiger partial charge on any atom is -0.455 e. The monoisotopic (exact) mass is 328 g/mol. The minimum absolute atomic E-state index is 0.123. The van der Waals surface area contributed by atoms with Crippen molar-refractivity contribution in [1.82, 2.24) is 0 Å². The molecule has 1 spiro atoms. The van der Waals surface area contributed by atoms with Crippen molar-refractivity contribution >= 4 is 18.6 Å². The molecule has 6 atom stereocenters. The third kappa shape index (κ3) is 1.92. The fourth-order valence-electron chi connectivity index (χ4n) is 6.56. The van der Waals surface area contributed by atoms with Gasteiger partial charge in [0.05, 0.1) is 5.56 Å². The van der Waals surface area contributed by atoms with Gasteiger partial charge >= 0.3 is 5.97 Å². The Morgan fingerprint density at radius 3 is 2.74 bits per heavy atom. The molecule has 0 heterocycles. The standard InChI is InChI=1S/C20H24O2S/c1-12-2-4-14(5-3-12)18(21)22-19-8-13-6-17(23)16-7-15(10-19)20(16,9-13)11-19/h2-5,13,15-17,23H,6-11H2,1H3/t13?,15?,16?,17?,19?,20-/m1/s1. The topological polar surface area (TPSA) is 26.3 Å². The lowest BCUT2D eigenvalue weighted by Crippen LogP contribution is -2.56. The fourth-order valence-corrected chi connectivity index (χ4v) is 7.28. The molecular formula is C20H24O2S. The molecule has 1 aromatic carbocycles. The summed E-state index contributed by atoms with van der Waals surface area (Å²) >= 11 is 4.88. The highest BCUT2D eigenvalue weighted by Gasteiger charge is 2.71. The van der Waals surface area contributed by atoms with E-state index in [9.17, 15) is 4.79 Å². The highest BCUT2D eigenvalue weighted by Crippen LogP contribution is 2.75. The summed E-state index contributed by atoms with van der Waals surface area (Å²) in [4.78, 5) is 12.7. The molecule has 23 heavy (non-hydrogen) atoms. The number of carbonyl (C=O) groups excluding carboxylic acids is 1. The number of ether oxygens (including phenoxy) is 1. The van der Waals surface area contributed by atoms with Crippen LogP contribution in [0, 0.1) is 30.1 Å². The first-order valence-corrected chi connectivity index (χ1v) is 9.49. The molecule has 0 amide bonds. The number of esters is 1. The normalized spacial score (nSPS) is 46.2. The van der Waals surface area contributed by atoms with Crippen LogP contribution < -0.4 is 0 Å². The average molecular weight is 328 g/mol. The van der Waals surface area contributed by atoms with Crippen molar-refractivity contribution in [3.8, 4) is 0 Å². The molecule has 0 radical (unpaired) electrons. The van der Waals surface area contributed by atoms with Crippen LogP contribution in [0.2, 0.25) is 0 Å². The van der Waals surface area contributed by atoms with Gasteiger partial charge in [-0.25, -0.2) is 4.79 Å². The van der Waals surface area contributed by atoms with Gasteiger partial charge in [-0.1, -0.05) is 17.7 Å². The van der Waals surface area contributed by atoms with Gasteiger partial charge in [-0.05, 0) is 80.8 Å². The van der Waals surface area contributed by atoms with Gasteiger partial charge in [0.1, 0.15) is 5.60 Å². The molecule has 0 saturated heterocycles. The van der Waals surface area contributed by atoms with E-state index in [4.69, 9.17) is 17.4 Å². The molecular weight excluding hydrogens is 304 g/mol. The van der Waals surface area contributed by atoms with Crippen LogP contribution in [0.1, 0.15) is 54.4 Å². The zero-order valence-electron chi connectivity index (χ0n) is 13.6. The second kappa shape index (κ2) is 4.56. The van der Waals surface area contributed by atoms with Gasteiger partial charge in [-0.15, -0.1) is 0 Å². The Labute approximate surface area is 143 Å². The number of carbonyl (C=O) groups is 1. The van der Waals surface area contributed by atoms with Crippen LogP contribution in [0.15, 0.2) is 24.3 Å². The van der Waals surface area contributed by atoms with Gasteiger partial charge in [0.2, 0.25) is 0 Å². The number of hydrogen-bond donors (Lipinski definition) is 1. The Kier molecular flexibility index (Phi) is 2.85. The first-order valence-electron chi connectivity index (χ1n) is 8.98. The number of benzene rings is 1. The number of rotatable bonds is 2. The molecule has 4 saturated carbocycles. The van der Waals surface area contributed by atoms with Crippen molar-refractivity contribution in [2.75, 3.05) is 0 Å². The van der Waals surface area contributed by atoms with E-state index in [1.54, 1.807) is 0 Å². The van der Waals surface area contributed by atoms with Crippen LogP contribution in [0.4, 0.5) is 0 Å². The summed E-state index contributed by atoms with van der Waals surface area (Å²) in [7, 11) is 0. The summed E-state index contributed by atoms with van der Waals surface area (Å²) in [6.07, 6.45) is 7.14. The second-order valence-electron chi connectivity index (χ2n) is 8.67. The SMILES string of the molecule is Cc1ccc(C(=O)OC23CC4CC(S)C5CC(C2)[C@@]5(C4)C3)cc1. The van der Waals surface area contributed by atoms with Crippen LogP contribution in [0.25, 0.3) is 0 Å². The van der Waals surface area contributed by atoms with Gasteiger partial charge in [0, 0.05) is 5.25 Å². The van der Waals surface area contributed by atoms with Gasteiger partial charge in [0.15, 0.2) is 0 Å². The van der Waals surface area contributed by atoms with E-state index in [2.05, 4.69) is 0 Å². The Morgan fingerprint density at radius 1 is 1.17 bits per heavy atom. The third-order valence-electron chi connectivity index (χ3n) is 7.32. The summed E-state index contributed by atoms with van der Waals surface area (Å²) < 4.78 is 6.20. The Hall–Kier alpha value is -0.960. The zero-order valence-corrected chi connectivity index (χ0v) is 14.5. The second-order valence-corrected chi connectivity index (χ2v) is 9.33. The van der Waals surface area contributed by atoms with Crippen LogP contribution >= 0.6 is 12.6 Å². The van der Waals surface area contributed by atoms with E-state index >= 15 is 0 Å². The molecule has 2 nitrogen and oxygen atoms in total. The first kappa shape index (κ1) is 14.4. The van der Waals surface area contributed by atoms with Gasteiger partial charge < -0.3 is 4.74 Å². The molecule has 3 bridgehead atoms. The largest absolute Gasteiger partial charge is 0.455 e. The highest BCUT2D eigenvalue weighted by molar-refractivity contribution is 7.81. The van der Waals surface area contributed by atoms with E-state index in [0.29, 0.717) is 22.1 Å². The molecule has 5 unspecified atom stereocenters. The predicted octanol–water partition coefficient (Wildman–Crippen LogP) is 4.42. The molecule has 4 fully saturated rings. The van der Waals surface area contributed by atoms with Crippen LogP contribution in [0.5, 0.6) is 0 Å². The predicted molar refractivity (Wildman–Crippen MR) is 92.7 cm³/mol. The quantitative estimate of drug-likeness (QED) is 0.642. The molecule has 4 aliphatic carbocycles. The van der Waals surface area contributed by atoms with Gasteiger partial charge in [0.25, 0.3) is 0 Å².